The molecule has 0 fully saturated rings. The number of amides is 1. The maximum Gasteiger partial charge on any atom is 0.387 e. The number of nitro groups is 1. The van der Waals surface area contributed by atoms with Crippen LogP contribution in [0.2, 0.25) is 0 Å². The molecule has 3 rings (SSSR count). The van der Waals surface area contributed by atoms with Gasteiger partial charge in [0.1, 0.15) is 23.9 Å². The van der Waals surface area contributed by atoms with Crippen LogP contribution in [0.3, 0.4) is 0 Å². The van der Waals surface area contributed by atoms with Gasteiger partial charge >= 0.3 is 6.61 Å². The highest BCUT2D eigenvalue weighted by atomic mass is 19.3. The molecule has 0 radical (unpaired) electrons. The monoisotopic (exact) mass is 436 g/mol. The molecule has 0 saturated carbocycles. The van der Waals surface area contributed by atoms with Gasteiger partial charge in [0.25, 0.3) is 11.6 Å². The third-order valence-corrected chi connectivity index (χ3v) is 4.04. The Bertz CT molecular complexity index is 1120. The lowest BCUT2D eigenvalue weighted by Gasteiger charge is -2.11. The molecule has 11 heteroatoms. The average Bonchev–Trinajstić information content (AvgIpc) is 3.17. The molecule has 0 aliphatic rings. The minimum Gasteiger partial charge on any atom is -0.486 e. The SMILES string of the molecule is Cc1cc(OCc2ccc(C(=O)Nc3ccc(F)cc3OC(F)F)o2)ccc1[N+](=O)[O-]. The molecule has 1 N–H and O–H groups in total. The van der Waals surface area contributed by atoms with Crippen molar-refractivity contribution in [1.29, 1.82) is 0 Å². The molecule has 0 atom stereocenters. The van der Waals surface area contributed by atoms with Crippen molar-refractivity contribution in [2.45, 2.75) is 20.1 Å². The van der Waals surface area contributed by atoms with Crippen molar-refractivity contribution >= 4 is 17.3 Å². The first-order valence-corrected chi connectivity index (χ1v) is 8.75. The van der Waals surface area contributed by atoms with Crippen LogP contribution in [-0.2, 0) is 6.61 Å². The molecule has 1 heterocycles. The molecule has 0 bridgehead atoms. The van der Waals surface area contributed by atoms with Crippen molar-refractivity contribution in [2.24, 2.45) is 0 Å². The number of rotatable bonds is 8. The zero-order valence-electron chi connectivity index (χ0n) is 15.9. The molecule has 0 saturated heterocycles. The summed E-state index contributed by atoms with van der Waals surface area (Å²) in [6.07, 6.45) is 0. The second-order valence-electron chi connectivity index (χ2n) is 6.23. The highest BCUT2D eigenvalue weighted by Crippen LogP contribution is 2.28. The summed E-state index contributed by atoms with van der Waals surface area (Å²) in [4.78, 5) is 22.7. The normalized spacial score (nSPS) is 10.7. The van der Waals surface area contributed by atoms with Gasteiger partial charge in [-0.3, -0.25) is 14.9 Å². The quantitative estimate of drug-likeness (QED) is 0.391. The molecule has 3 aromatic rings. The van der Waals surface area contributed by atoms with Gasteiger partial charge < -0.3 is 19.2 Å². The number of carbonyl (C=O) groups is 1. The van der Waals surface area contributed by atoms with E-state index >= 15 is 0 Å². The minimum absolute atomic E-state index is 0.0414. The van der Waals surface area contributed by atoms with Crippen molar-refractivity contribution in [3.05, 3.63) is 81.5 Å². The highest BCUT2D eigenvalue weighted by Gasteiger charge is 2.17. The van der Waals surface area contributed by atoms with Crippen LogP contribution >= 0.6 is 0 Å². The summed E-state index contributed by atoms with van der Waals surface area (Å²) in [7, 11) is 0. The molecule has 0 spiro atoms. The maximum absolute atomic E-state index is 13.3. The fraction of sp³-hybridized carbons (Fsp3) is 0.150. The second kappa shape index (κ2) is 9.20. The van der Waals surface area contributed by atoms with Crippen molar-refractivity contribution in [1.82, 2.24) is 0 Å². The van der Waals surface area contributed by atoms with E-state index in [1.165, 1.54) is 30.3 Å². The van der Waals surface area contributed by atoms with E-state index in [4.69, 9.17) is 9.15 Å². The molecule has 0 aliphatic carbocycles. The lowest BCUT2D eigenvalue weighted by molar-refractivity contribution is -0.385. The number of benzene rings is 2. The molecular weight excluding hydrogens is 421 g/mol. The van der Waals surface area contributed by atoms with Crippen LogP contribution in [0, 0.1) is 22.9 Å². The Morgan fingerprint density at radius 3 is 2.65 bits per heavy atom. The number of aryl methyl sites for hydroxylation is 1. The molecule has 8 nitrogen and oxygen atoms in total. The summed E-state index contributed by atoms with van der Waals surface area (Å²) >= 11 is 0. The van der Waals surface area contributed by atoms with Gasteiger partial charge in [0, 0.05) is 17.7 Å². The van der Waals surface area contributed by atoms with Crippen LogP contribution in [0.15, 0.2) is 52.9 Å². The van der Waals surface area contributed by atoms with Crippen molar-refractivity contribution < 1.29 is 36.8 Å². The lowest BCUT2D eigenvalue weighted by atomic mass is 10.2. The van der Waals surface area contributed by atoms with Gasteiger partial charge in [-0.2, -0.15) is 8.78 Å². The Morgan fingerprint density at radius 1 is 1.19 bits per heavy atom. The van der Waals surface area contributed by atoms with Gasteiger partial charge in [0.05, 0.1) is 10.6 Å². The number of anilines is 1. The molecular formula is C20H15F3N2O6. The number of carbonyl (C=O) groups excluding carboxylic acids is 1. The van der Waals surface area contributed by atoms with Crippen LogP contribution < -0.4 is 14.8 Å². The number of alkyl halides is 2. The number of ether oxygens (including phenoxy) is 2. The Balaban J connectivity index is 1.65. The number of halogens is 3. The van der Waals surface area contributed by atoms with Gasteiger partial charge in [0.2, 0.25) is 0 Å². The van der Waals surface area contributed by atoms with E-state index in [0.29, 0.717) is 11.3 Å². The largest absolute Gasteiger partial charge is 0.486 e. The Labute approximate surface area is 173 Å². The number of nitrogens with zero attached hydrogens (tertiary/aromatic N) is 1. The summed E-state index contributed by atoms with van der Waals surface area (Å²) in [5.74, 6) is -1.64. The predicted octanol–water partition coefficient (Wildman–Crippen LogP) is 5.07. The first-order chi connectivity index (χ1) is 14.7. The van der Waals surface area contributed by atoms with E-state index in [2.05, 4.69) is 10.1 Å². The third-order valence-electron chi connectivity index (χ3n) is 4.04. The van der Waals surface area contributed by atoms with Crippen molar-refractivity contribution in [2.75, 3.05) is 5.32 Å². The molecule has 1 amide bonds. The maximum atomic E-state index is 13.3. The van der Waals surface area contributed by atoms with Gasteiger partial charge in [-0.15, -0.1) is 0 Å². The number of nitro benzene ring substituents is 1. The summed E-state index contributed by atoms with van der Waals surface area (Å²) in [6, 6.07) is 9.81. The average molecular weight is 436 g/mol. The number of nitrogens with one attached hydrogen (secondary N) is 1. The van der Waals surface area contributed by atoms with Crippen LogP contribution in [0.4, 0.5) is 24.5 Å². The summed E-state index contributed by atoms with van der Waals surface area (Å²) < 4.78 is 53.3. The van der Waals surface area contributed by atoms with E-state index in [9.17, 15) is 28.1 Å². The van der Waals surface area contributed by atoms with Crippen LogP contribution in [0.1, 0.15) is 21.9 Å². The smallest absolute Gasteiger partial charge is 0.387 e. The zero-order valence-corrected chi connectivity index (χ0v) is 15.9. The van der Waals surface area contributed by atoms with E-state index in [1.807, 2.05) is 0 Å². The Hall–Kier alpha value is -4.02. The fourth-order valence-electron chi connectivity index (χ4n) is 2.63. The molecule has 0 aliphatic heterocycles. The second-order valence-corrected chi connectivity index (χ2v) is 6.23. The van der Waals surface area contributed by atoms with Gasteiger partial charge in [-0.1, -0.05) is 0 Å². The van der Waals surface area contributed by atoms with E-state index in [0.717, 1.165) is 18.2 Å². The molecule has 31 heavy (non-hydrogen) atoms. The summed E-state index contributed by atoms with van der Waals surface area (Å²) in [5.41, 5.74) is 0.214. The van der Waals surface area contributed by atoms with Crippen LogP contribution in [-0.4, -0.2) is 17.4 Å². The topological polar surface area (TPSA) is 104 Å². The highest BCUT2D eigenvalue weighted by molar-refractivity contribution is 6.03. The number of hydrogen-bond acceptors (Lipinski definition) is 6. The minimum atomic E-state index is -3.20. The van der Waals surface area contributed by atoms with Crippen molar-refractivity contribution in [3.8, 4) is 11.5 Å². The zero-order chi connectivity index (χ0) is 22.5. The van der Waals surface area contributed by atoms with E-state index in [1.54, 1.807) is 6.92 Å². The van der Waals surface area contributed by atoms with Crippen molar-refractivity contribution in [3.63, 3.8) is 0 Å². The molecule has 162 valence electrons. The third kappa shape index (κ3) is 5.53. The van der Waals surface area contributed by atoms with E-state index < -0.39 is 29.0 Å². The summed E-state index contributed by atoms with van der Waals surface area (Å²) in [6.45, 7) is -1.70. The Morgan fingerprint density at radius 2 is 1.97 bits per heavy atom. The first kappa shape index (κ1) is 21.7. The lowest BCUT2D eigenvalue weighted by Crippen LogP contribution is -2.13. The summed E-state index contributed by atoms with van der Waals surface area (Å²) in [5, 5.41) is 13.2. The van der Waals surface area contributed by atoms with Gasteiger partial charge in [-0.05, 0) is 43.3 Å². The molecule has 1 aromatic heterocycles. The standard InChI is InChI=1S/C20H15F3N2O6/c1-11-8-13(3-6-16(11)25(27)28)29-10-14-4-7-17(30-14)19(26)24-15-5-2-12(21)9-18(15)31-20(22)23/h2-9,20H,10H2,1H3,(H,24,26). The van der Waals surface area contributed by atoms with Crippen LogP contribution in [0.5, 0.6) is 11.5 Å². The number of furan rings is 1. The van der Waals surface area contributed by atoms with Gasteiger partial charge in [-0.25, -0.2) is 4.39 Å². The number of hydrogen-bond donors (Lipinski definition) is 1. The first-order valence-electron chi connectivity index (χ1n) is 8.75. The predicted molar refractivity (Wildman–Crippen MR) is 102 cm³/mol. The van der Waals surface area contributed by atoms with E-state index in [-0.39, 0.29) is 29.5 Å². The Kier molecular flexibility index (Phi) is 6.43. The fourth-order valence-corrected chi connectivity index (χ4v) is 2.63. The van der Waals surface area contributed by atoms with Gasteiger partial charge in [0.15, 0.2) is 11.5 Å². The molecule has 0 unspecified atom stereocenters. The molecule has 2 aromatic carbocycles. The van der Waals surface area contributed by atoms with Crippen LogP contribution in [0.25, 0.3) is 0 Å².